The second kappa shape index (κ2) is 8.37. The average Bonchev–Trinajstić information content (AvgIpc) is 3.06. The first-order valence-corrected chi connectivity index (χ1v) is 8.54. The van der Waals surface area contributed by atoms with Gasteiger partial charge in [-0.25, -0.2) is 9.77 Å². The molecule has 0 spiro atoms. The molecule has 0 saturated heterocycles. The Hall–Kier alpha value is -3.33. The molecule has 3 aromatic rings. The lowest BCUT2D eigenvalue weighted by atomic mass is 10.2. The van der Waals surface area contributed by atoms with Crippen molar-refractivity contribution in [3.63, 3.8) is 0 Å². The zero-order valence-electron chi connectivity index (χ0n) is 14.6. The standard InChI is InChI=1S/C18H19N5O3S/c1-25-15-9-12(7-8-14(15)26-11-16(19)24)10-20-23-17(21-22-18(23)27)13-5-3-2-4-6-13/h2-9,20H,10-11H2,1H3,(H2,19,24)(H,22,27). The number of benzene rings is 2. The number of primary amides is 1. The van der Waals surface area contributed by atoms with E-state index in [9.17, 15) is 4.79 Å². The third-order valence-electron chi connectivity index (χ3n) is 3.74. The van der Waals surface area contributed by atoms with Crippen LogP contribution in [0, 0.1) is 4.77 Å². The largest absolute Gasteiger partial charge is 0.493 e. The summed E-state index contributed by atoms with van der Waals surface area (Å²) in [6, 6.07) is 15.1. The zero-order valence-corrected chi connectivity index (χ0v) is 15.5. The topological polar surface area (TPSA) is 107 Å². The monoisotopic (exact) mass is 385 g/mol. The molecule has 27 heavy (non-hydrogen) atoms. The first-order chi connectivity index (χ1) is 13.1. The Balaban J connectivity index is 1.77. The predicted octanol–water partition coefficient (Wildman–Crippen LogP) is 2.22. The first-order valence-electron chi connectivity index (χ1n) is 8.13. The van der Waals surface area contributed by atoms with Gasteiger partial charge in [0.1, 0.15) is 0 Å². The summed E-state index contributed by atoms with van der Waals surface area (Å²) < 4.78 is 12.8. The molecule has 0 aliphatic carbocycles. The molecule has 4 N–H and O–H groups in total. The molecule has 9 heteroatoms. The summed E-state index contributed by atoms with van der Waals surface area (Å²) in [5, 5.41) is 7.08. The summed E-state index contributed by atoms with van der Waals surface area (Å²) >= 11 is 5.31. The highest BCUT2D eigenvalue weighted by molar-refractivity contribution is 7.71. The SMILES string of the molecule is COc1cc(CNn2c(-c3ccccc3)n[nH]c2=S)ccc1OCC(N)=O. The fraction of sp³-hybridized carbons (Fsp3) is 0.167. The van der Waals surface area contributed by atoms with Gasteiger partial charge in [-0.3, -0.25) is 4.79 Å². The van der Waals surface area contributed by atoms with Crippen LogP contribution >= 0.6 is 12.2 Å². The summed E-state index contributed by atoms with van der Waals surface area (Å²) in [6.45, 7) is 0.263. The molecule has 1 aromatic heterocycles. The minimum Gasteiger partial charge on any atom is -0.493 e. The maximum atomic E-state index is 10.9. The number of nitrogens with one attached hydrogen (secondary N) is 2. The minimum absolute atomic E-state index is 0.210. The lowest BCUT2D eigenvalue weighted by molar-refractivity contribution is -0.119. The van der Waals surface area contributed by atoms with Crippen LogP contribution in [0.3, 0.4) is 0 Å². The number of aromatic amines is 1. The molecule has 0 aliphatic heterocycles. The molecule has 140 valence electrons. The van der Waals surface area contributed by atoms with Crippen molar-refractivity contribution in [1.82, 2.24) is 14.9 Å². The smallest absolute Gasteiger partial charge is 0.255 e. The number of methoxy groups -OCH3 is 1. The van der Waals surface area contributed by atoms with Gasteiger partial charge >= 0.3 is 0 Å². The van der Waals surface area contributed by atoms with Gasteiger partial charge in [-0.2, -0.15) is 5.10 Å². The van der Waals surface area contributed by atoms with E-state index in [1.165, 1.54) is 7.11 Å². The third-order valence-corrected chi connectivity index (χ3v) is 4.02. The van der Waals surface area contributed by atoms with Crippen molar-refractivity contribution in [2.45, 2.75) is 6.54 Å². The maximum Gasteiger partial charge on any atom is 0.255 e. The molecule has 0 unspecified atom stereocenters. The number of hydrogen-bond donors (Lipinski definition) is 3. The van der Waals surface area contributed by atoms with E-state index in [-0.39, 0.29) is 6.61 Å². The van der Waals surface area contributed by atoms with Gasteiger partial charge in [-0.1, -0.05) is 36.4 Å². The second-order valence-electron chi connectivity index (χ2n) is 5.63. The number of H-pyrrole nitrogens is 1. The van der Waals surface area contributed by atoms with Gasteiger partial charge in [0.05, 0.1) is 13.7 Å². The van der Waals surface area contributed by atoms with Gasteiger partial charge in [0.2, 0.25) is 4.77 Å². The van der Waals surface area contributed by atoms with E-state index in [1.807, 2.05) is 42.5 Å². The summed E-state index contributed by atoms with van der Waals surface area (Å²) in [6.07, 6.45) is 0. The lowest BCUT2D eigenvalue weighted by Gasteiger charge is -2.13. The van der Waals surface area contributed by atoms with Crippen LogP contribution in [-0.4, -0.2) is 34.5 Å². The number of ether oxygens (including phenoxy) is 2. The van der Waals surface area contributed by atoms with Crippen LogP contribution in [0.4, 0.5) is 0 Å². The number of amides is 1. The highest BCUT2D eigenvalue weighted by Gasteiger charge is 2.10. The van der Waals surface area contributed by atoms with E-state index < -0.39 is 5.91 Å². The van der Waals surface area contributed by atoms with Crippen LogP contribution in [0.25, 0.3) is 11.4 Å². The summed E-state index contributed by atoms with van der Waals surface area (Å²) in [5.41, 5.74) is 10.2. The molecule has 0 radical (unpaired) electrons. The van der Waals surface area contributed by atoms with Gasteiger partial charge in [0.25, 0.3) is 5.91 Å². The first kappa shape index (κ1) is 18.5. The summed E-state index contributed by atoms with van der Waals surface area (Å²) in [4.78, 5) is 10.9. The molecule has 0 bridgehead atoms. The van der Waals surface area contributed by atoms with Gasteiger partial charge in [-0.15, -0.1) is 0 Å². The van der Waals surface area contributed by atoms with Gasteiger partial charge < -0.3 is 20.6 Å². The van der Waals surface area contributed by atoms with Crippen LogP contribution in [-0.2, 0) is 11.3 Å². The molecule has 1 amide bonds. The maximum absolute atomic E-state index is 10.9. The van der Waals surface area contributed by atoms with Gasteiger partial charge in [0.15, 0.2) is 23.9 Å². The molecular formula is C18H19N5O3S. The predicted molar refractivity (Wildman–Crippen MR) is 104 cm³/mol. The molecule has 3 rings (SSSR count). The Labute approximate surface area is 160 Å². The Morgan fingerprint density at radius 2 is 2.04 bits per heavy atom. The molecule has 2 aromatic carbocycles. The minimum atomic E-state index is -0.550. The quantitative estimate of drug-likeness (QED) is 0.513. The van der Waals surface area contributed by atoms with E-state index in [2.05, 4.69) is 15.6 Å². The normalized spacial score (nSPS) is 10.4. The van der Waals surface area contributed by atoms with Crippen molar-refractivity contribution in [2.75, 3.05) is 19.1 Å². The lowest BCUT2D eigenvalue weighted by Crippen LogP contribution is -2.20. The number of nitrogens with two attached hydrogens (primary N) is 1. The number of hydrogen-bond acceptors (Lipinski definition) is 6. The Morgan fingerprint density at radius 3 is 2.74 bits per heavy atom. The fourth-order valence-electron chi connectivity index (χ4n) is 2.48. The molecular weight excluding hydrogens is 366 g/mol. The number of nitrogens with zero attached hydrogens (tertiary/aromatic N) is 2. The van der Waals surface area contributed by atoms with Gasteiger partial charge in [0, 0.05) is 5.56 Å². The third kappa shape index (κ3) is 4.45. The Kier molecular flexibility index (Phi) is 5.72. The Bertz CT molecular complexity index is 984. The molecule has 0 saturated carbocycles. The average molecular weight is 385 g/mol. The molecule has 0 fully saturated rings. The highest BCUT2D eigenvalue weighted by Crippen LogP contribution is 2.28. The summed E-state index contributed by atoms with van der Waals surface area (Å²) in [7, 11) is 1.53. The van der Waals surface area contributed by atoms with Crippen molar-refractivity contribution in [3.05, 3.63) is 58.9 Å². The number of rotatable bonds is 8. The summed E-state index contributed by atoms with van der Waals surface area (Å²) in [5.74, 6) is 1.10. The molecule has 0 atom stereocenters. The van der Waals surface area contributed by atoms with Crippen molar-refractivity contribution < 1.29 is 14.3 Å². The molecule has 1 heterocycles. The van der Waals surface area contributed by atoms with Crippen LogP contribution in [0.5, 0.6) is 11.5 Å². The van der Waals surface area contributed by atoms with E-state index in [0.29, 0.717) is 28.6 Å². The van der Waals surface area contributed by atoms with Crippen molar-refractivity contribution >= 4 is 18.1 Å². The number of aromatic nitrogens is 3. The molecule has 8 nitrogen and oxygen atoms in total. The number of carbonyl (C=O) groups is 1. The van der Waals surface area contributed by atoms with Crippen molar-refractivity contribution in [2.24, 2.45) is 5.73 Å². The van der Waals surface area contributed by atoms with Crippen LogP contribution in [0.2, 0.25) is 0 Å². The fourth-order valence-corrected chi connectivity index (χ4v) is 2.68. The van der Waals surface area contributed by atoms with Crippen LogP contribution < -0.4 is 20.6 Å². The van der Waals surface area contributed by atoms with E-state index >= 15 is 0 Å². The van der Waals surface area contributed by atoms with E-state index in [0.717, 1.165) is 11.1 Å². The Morgan fingerprint density at radius 1 is 1.26 bits per heavy atom. The highest BCUT2D eigenvalue weighted by atomic mass is 32.1. The second-order valence-corrected chi connectivity index (χ2v) is 6.02. The van der Waals surface area contributed by atoms with Crippen molar-refractivity contribution in [3.8, 4) is 22.9 Å². The van der Waals surface area contributed by atoms with Gasteiger partial charge in [-0.05, 0) is 29.9 Å². The van der Waals surface area contributed by atoms with E-state index in [1.54, 1.807) is 10.7 Å². The van der Waals surface area contributed by atoms with E-state index in [4.69, 9.17) is 27.4 Å². The number of carbonyl (C=O) groups excluding carboxylic acids is 1. The zero-order chi connectivity index (χ0) is 19.2. The van der Waals surface area contributed by atoms with Crippen LogP contribution in [0.1, 0.15) is 5.56 Å². The van der Waals surface area contributed by atoms with Crippen LogP contribution in [0.15, 0.2) is 48.5 Å². The van der Waals surface area contributed by atoms with Crippen molar-refractivity contribution in [1.29, 1.82) is 0 Å². The molecule has 0 aliphatic rings.